The van der Waals surface area contributed by atoms with Crippen LogP contribution in [0.4, 0.5) is 0 Å². The van der Waals surface area contributed by atoms with E-state index >= 15 is 0 Å². The highest BCUT2D eigenvalue weighted by atomic mass is 32.1. The van der Waals surface area contributed by atoms with Crippen molar-refractivity contribution in [2.24, 2.45) is 5.92 Å². The molecule has 0 aliphatic carbocycles. The Morgan fingerprint density at radius 3 is 2.62 bits per heavy atom. The Morgan fingerprint density at radius 1 is 1.24 bits per heavy atom. The maximum atomic E-state index is 12.1. The molecule has 0 aliphatic heterocycles. The predicted molar refractivity (Wildman–Crippen MR) is 84.1 cm³/mol. The molecule has 0 fully saturated rings. The molecule has 1 aromatic heterocycles. The standard InChI is InChI=1S/C16H15NO3S/c18-15(16-7-4-10-21-16)11-14(12-17(19)20)9-8-13-5-2-1-3-6-13/h1-10,14H,11-12H2/b9-8+/t14-/m1/s1. The Labute approximate surface area is 126 Å². The summed E-state index contributed by atoms with van der Waals surface area (Å²) in [6.07, 6.45) is 3.74. The van der Waals surface area contributed by atoms with Gasteiger partial charge in [-0.15, -0.1) is 11.3 Å². The Morgan fingerprint density at radius 2 is 2.00 bits per heavy atom. The van der Waals surface area contributed by atoms with Gasteiger partial charge in [0.15, 0.2) is 5.78 Å². The van der Waals surface area contributed by atoms with Crippen molar-refractivity contribution in [1.29, 1.82) is 0 Å². The van der Waals surface area contributed by atoms with Crippen LogP contribution in [-0.2, 0) is 0 Å². The third-order valence-electron chi connectivity index (χ3n) is 2.99. The van der Waals surface area contributed by atoms with Gasteiger partial charge in [0, 0.05) is 17.3 Å². The zero-order valence-corrected chi connectivity index (χ0v) is 12.2. The van der Waals surface area contributed by atoms with Crippen molar-refractivity contribution in [1.82, 2.24) is 0 Å². The molecule has 0 radical (unpaired) electrons. The summed E-state index contributed by atoms with van der Waals surface area (Å²) < 4.78 is 0. The van der Waals surface area contributed by atoms with E-state index in [-0.39, 0.29) is 23.7 Å². The van der Waals surface area contributed by atoms with Gasteiger partial charge in [-0.3, -0.25) is 14.9 Å². The first kappa shape index (κ1) is 15.1. The Bertz CT molecular complexity index is 620. The molecule has 21 heavy (non-hydrogen) atoms. The Kier molecular flexibility index (Phi) is 5.40. The average Bonchev–Trinajstić information content (AvgIpc) is 2.99. The number of thiophene rings is 1. The molecule has 108 valence electrons. The first-order chi connectivity index (χ1) is 10.1. The molecule has 4 nitrogen and oxygen atoms in total. The lowest BCUT2D eigenvalue weighted by Gasteiger charge is -2.06. The second kappa shape index (κ2) is 7.50. The second-order valence-electron chi connectivity index (χ2n) is 4.65. The van der Waals surface area contributed by atoms with E-state index in [0.29, 0.717) is 4.88 Å². The lowest BCUT2D eigenvalue weighted by Crippen LogP contribution is -2.16. The molecule has 1 atom stereocenters. The summed E-state index contributed by atoms with van der Waals surface area (Å²) in [6.45, 7) is -0.236. The minimum Gasteiger partial charge on any atom is -0.293 e. The molecule has 0 spiro atoms. The van der Waals surface area contributed by atoms with Crippen LogP contribution >= 0.6 is 11.3 Å². The predicted octanol–water partition coefficient (Wildman–Crippen LogP) is 3.93. The van der Waals surface area contributed by atoms with Crippen molar-refractivity contribution >= 4 is 23.2 Å². The van der Waals surface area contributed by atoms with Crippen molar-refractivity contribution < 1.29 is 9.72 Å². The fraction of sp³-hybridized carbons (Fsp3) is 0.188. The number of ketones is 1. The third-order valence-corrected chi connectivity index (χ3v) is 3.90. The van der Waals surface area contributed by atoms with E-state index in [1.807, 2.05) is 41.8 Å². The number of nitrogens with zero attached hydrogens (tertiary/aromatic N) is 1. The summed E-state index contributed by atoms with van der Waals surface area (Å²) >= 11 is 1.36. The lowest BCUT2D eigenvalue weighted by atomic mass is 10.00. The molecule has 5 heteroatoms. The van der Waals surface area contributed by atoms with Crippen LogP contribution in [-0.4, -0.2) is 17.3 Å². The quantitative estimate of drug-likeness (QED) is 0.442. The maximum Gasteiger partial charge on any atom is 0.210 e. The number of carbonyl (C=O) groups is 1. The molecule has 0 saturated carbocycles. The van der Waals surface area contributed by atoms with Gasteiger partial charge in [0.25, 0.3) is 0 Å². The highest BCUT2D eigenvalue weighted by molar-refractivity contribution is 7.12. The third kappa shape index (κ3) is 4.96. The van der Waals surface area contributed by atoms with Crippen LogP contribution in [0.3, 0.4) is 0 Å². The fourth-order valence-corrected chi connectivity index (χ4v) is 2.65. The first-order valence-electron chi connectivity index (χ1n) is 6.57. The second-order valence-corrected chi connectivity index (χ2v) is 5.60. The van der Waals surface area contributed by atoms with Gasteiger partial charge in [-0.25, -0.2) is 0 Å². The normalized spacial score (nSPS) is 12.4. The van der Waals surface area contributed by atoms with Crippen LogP contribution in [0.5, 0.6) is 0 Å². The van der Waals surface area contributed by atoms with Crippen molar-refractivity contribution in [3.8, 4) is 0 Å². The average molecular weight is 301 g/mol. The van der Waals surface area contributed by atoms with Gasteiger partial charge in [0.05, 0.1) is 4.88 Å². The van der Waals surface area contributed by atoms with Crippen LogP contribution < -0.4 is 0 Å². The molecular weight excluding hydrogens is 286 g/mol. The molecule has 2 rings (SSSR count). The monoisotopic (exact) mass is 301 g/mol. The summed E-state index contributed by atoms with van der Waals surface area (Å²) in [6, 6.07) is 13.1. The topological polar surface area (TPSA) is 60.2 Å². The highest BCUT2D eigenvalue weighted by Gasteiger charge is 2.18. The molecule has 0 aliphatic rings. The SMILES string of the molecule is O=C(C[C@@H](/C=C/c1ccccc1)C[N+](=O)[O-])c1cccs1. The number of hydrogen-bond donors (Lipinski definition) is 0. The molecule has 0 saturated heterocycles. The van der Waals surface area contributed by atoms with E-state index in [1.54, 1.807) is 18.2 Å². The van der Waals surface area contributed by atoms with Gasteiger partial charge in [-0.1, -0.05) is 48.6 Å². The van der Waals surface area contributed by atoms with Gasteiger partial charge >= 0.3 is 0 Å². The first-order valence-corrected chi connectivity index (χ1v) is 7.45. The maximum absolute atomic E-state index is 12.1. The molecule has 0 unspecified atom stereocenters. The van der Waals surface area contributed by atoms with E-state index in [4.69, 9.17) is 0 Å². The molecule has 0 bridgehead atoms. The van der Waals surface area contributed by atoms with Gasteiger partial charge in [-0.2, -0.15) is 0 Å². The molecule has 1 aromatic carbocycles. The number of hydrogen-bond acceptors (Lipinski definition) is 4. The lowest BCUT2D eigenvalue weighted by molar-refractivity contribution is -0.485. The summed E-state index contributed by atoms with van der Waals surface area (Å²) in [7, 11) is 0. The van der Waals surface area contributed by atoms with Gasteiger partial charge in [-0.05, 0) is 17.0 Å². The van der Waals surface area contributed by atoms with Crippen molar-refractivity contribution in [2.75, 3.05) is 6.54 Å². The number of Topliss-reactive ketones (excluding diaryl/α,β-unsaturated/α-hetero) is 1. The molecule has 2 aromatic rings. The van der Waals surface area contributed by atoms with E-state index in [1.165, 1.54) is 11.3 Å². The Balaban J connectivity index is 2.06. The number of rotatable bonds is 7. The molecule has 1 heterocycles. The van der Waals surface area contributed by atoms with Crippen LogP contribution in [0.15, 0.2) is 53.9 Å². The fourth-order valence-electron chi connectivity index (χ4n) is 1.97. The van der Waals surface area contributed by atoms with Crippen LogP contribution in [0.25, 0.3) is 6.08 Å². The summed E-state index contributed by atoms with van der Waals surface area (Å²) in [5.41, 5.74) is 0.967. The summed E-state index contributed by atoms with van der Waals surface area (Å²) in [5, 5.41) is 12.6. The minimum atomic E-state index is -0.394. The van der Waals surface area contributed by atoms with Crippen LogP contribution in [0.1, 0.15) is 21.7 Å². The van der Waals surface area contributed by atoms with Gasteiger partial charge < -0.3 is 0 Å². The van der Waals surface area contributed by atoms with Crippen molar-refractivity contribution in [3.05, 3.63) is 74.5 Å². The van der Waals surface area contributed by atoms with Crippen molar-refractivity contribution in [2.45, 2.75) is 6.42 Å². The van der Waals surface area contributed by atoms with Crippen LogP contribution in [0.2, 0.25) is 0 Å². The zero-order valence-electron chi connectivity index (χ0n) is 11.3. The zero-order chi connectivity index (χ0) is 15.1. The van der Waals surface area contributed by atoms with E-state index < -0.39 is 5.92 Å². The van der Waals surface area contributed by atoms with Crippen molar-refractivity contribution in [3.63, 3.8) is 0 Å². The molecular formula is C16H15NO3S. The molecule has 0 N–H and O–H groups in total. The van der Waals surface area contributed by atoms with Gasteiger partial charge in [0.1, 0.15) is 0 Å². The van der Waals surface area contributed by atoms with Gasteiger partial charge in [0.2, 0.25) is 6.54 Å². The summed E-state index contributed by atoms with van der Waals surface area (Å²) in [4.78, 5) is 23.1. The van der Waals surface area contributed by atoms with E-state index in [2.05, 4.69) is 0 Å². The largest absolute Gasteiger partial charge is 0.293 e. The highest BCUT2D eigenvalue weighted by Crippen LogP contribution is 2.17. The minimum absolute atomic E-state index is 0.0467. The number of carbonyl (C=O) groups excluding carboxylic acids is 1. The van der Waals surface area contributed by atoms with E-state index in [9.17, 15) is 14.9 Å². The summed E-state index contributed by atoms with van der Waals surface area (Å²) in [5.74, 6) is -0.440. The number of benzene rings is 1. The number of nitro groups is 1. The molecule has 0 amide bonds. The van der Waals surface area contributed by atoms with Crippen LogP contribution in [0, 0.1) is 16.0 Å². The Hall–Kier alpha value is -2.27. The smallest absolute Gasteiger partial charge is 0.210 e. The van der Waals surface area contributed by atoms with E-state index in [0.717, 1.165) is 5.56 Å².